The van der Waals surface area contributed by atoms with Gasteiger partial charge in [0.2, 0.25) is 0 Å². The molecule has 19 heavy (non-hydrogen) atoms. The summed E-state index contributed by atoms with van der Waals surface area (Å²) in [6, 6.07) is 6.05. The van der Waals surface area contributed by atoms with E-state index in [4.69, 9.17) is 0 Å². The van der Waals surface area contributed by atoms with E-state index < -0.39 is 0 Å². The molecule has 0 saturated heterocycles. The molecule has 0 spiro atoms. The molecule has 1 heterocycles. The van der Waals surface area contributed by atoms with Gasteiger partial charge in [-0.2, -0.15) is 5.10 Å². The van der Waals surface area contributed by atoms with Gasteiger partial charge in [-0.05, 0) is 23.1 Å². The topological polar surface area (TPSA) is 45.8 Å². The van der Waals surface area contributed by atoms with Crippen LogP contribution in [0.4, 0.5) is 0 Å². The average Bonchev–Trinajstić information content (AvgIpc) is 2.26. The molecule has 0 fully saturated rings. The lowest BCUT2D eigenvalue weighted by atomic mass is 9.83. The zero-order chi connectivity index (χ0) is 14.4. The Hall–Kier alpha value is -1.64. The van der Waals surface area contributed by atoms with Crippen molar-refractivity contribution in [2.24, 2.45) is 0 Å². The minimum absolute atomic E-state index is 0.0615. The van der Waals surface area contributed by atoms with Crippen LogP contribution in [0, 0.1) is 0 Å². The monoisotopic (exact) mass is 258 g/mol. The van der Waals surface area contributed by atoms with Crippen LogP contribution in [-0.2, 0) is 10.8 Å². The lowest BCUT2D eigenvalue weighted by Gasteiger charge is -2.22. The second-order valence-electron chi connectivity index (χ2n) is 7.16. The second kappa shape index (κ2) is 4.19. The molecule has 3 heteroatoms. The highest BCUT2D eigenvalue weighted by molar-refractivity contribution is 5.85. The van der Waals surface area contributed by atoms with Crippen molar-refractivity contribution in [3.8, 4) is 0 Å². The van der Waals surface area contributed by atoms with E-state index in [1.165, 1.54) is 5.56 Å². The molecule has 2 aromatic rings. The summed E-state index contributed by atoms with van der Waals surface area (Å²) in [7, 11) is 0. The molecular formula is C16H22N2O. The van der Waals surface area contributed by atoms with Gasteiger partial charge in [0.15, 0.2) is 0 Å². The number of hydrogen-bond acceptors (Lipinski definition) is 2. The molecule has 0 unspecified atom stereocenters. The van der Waals surface area contributed by atoms with Gasteiger partial charge in [-0.25, -0.2) is 5.10 Å². The van der Waals surface area contributed by atoms with E-state index in [0.717, 1.165) is 11.1 Å². The van der Waals surface area contributed by atoms with Crippen molar-refractivity contribution >= 4 is 10.8 Å². The number of rotatable bonds is 0. The molecular weight excluding hydrogens is 236 g/mol. The summed E-state index contributed by atoms with van der Waals surface area (Å²) in [5, 5.41) is 8.54. The van der Waals surface area contributed by atoms with Crippen molar-refractivity contribution < 1.29 is 0 Å². The third-order valence-electron chi connectivity index (χ3n) is 3.37. The molecule has 0 bridgehead atoms. The highest BCUT2D eigenvalue weighted by Gasteiger charge is 2.22. The summed E-state index contributed by atoms with van der Waals surface area (Å²) >= 11 is 0. The summed E-state index contributed by atoms with van der Waals surface area (Å²) in [5.41, 5.74) is 2.00. The Morgan fingerprint density at radius 1 is 0.947 bits per heavy atom. The fourth-order valence-corrected chi connectivity index (χ4v) is 2.20. The van der Waals surface area contributed by atoms with Gasteiger partial charge in [0.1, 0.15) is 0 Å². The van der Waals surface area contributed by atoms with Crippen LogP contribution >= 0.6 is 0 Å². The van der Waals surface area contributed by atoms with Gasteiger partial charge in [0.25, 0.3) is 5.56 Å². The van der Waals surface area contributed by atoms with E-state index in [0.29, 0.717) is 5.39 Å². The Morgan fingerprint density at radius 3 is 2.11 bits per heavy atom. The van der Waals surface area contributed by atoms with E-state index in [9.17, 15) is 4.79 Å². The lowest BCUT2D eigenvalue weighted by Crippen LogP contribution is -2.21. The number of aromatic nitrogens is 2. The molecule has 1 N–H and O–H groups in total. The fraction of sp³-hybridized carbons (Fsp3) is 0.500. The summed E-state index contributed by atoms with van der Waals surface area (Å²) in [5.74, 6) is 0. The van der Waals surface area contributed by atoms with E-state index in [2.05, 4.69) is 57.8 Å². The van der Waals surface area contributed by atoms with Crippen molar-refractivity contribution in [1.29, 1.82) is 0 Å². The molecule has 102 valence electrons. The van der Waals surface area contributed by atoms with Crippen LogP contribution in [0.25, 0.3) is 10.8 Å². The smallest absolute Gasteiger partial charge is 0.267 e. The van der Waals surface area contributed by atoms with E-state index in [1.807, 2.05) is 12.1 Å². The highest BCUT2D eigenvalue weighted by atomic mass is 16.1. The molecule has 0 aliphatic rings. The van der Waals surface area contributed by atoms with Crippen molar-refractivity contribution in [3.63, 3.8) is 0 Å². The first kappa shape index (κ1) is 13.8. The van der Waals surface area contributed by atoms with Crippen LogP contribution in [0.2, 0.25) is 0 Å². The van der Waals surface area contributed by atoms with Crippen LogP contribution in [-0.4, -0.2) is 10.2 Å². The molecule has 2 rings (SSSR count). The normalized spacial score (nSPS) is 12.9. The molecule has 0 aliphatic carbocycles. The first-order valence-corrected chi connectivity index (χ1v) is 6.64. The SMILES string of the molecule is CC(C)(C)c1ccc2c(=O)[nH]nc(C(C)(C)C)c2c1. The maximum Gasteiger partial charge on any atom is 0.272 e. The molecule has 0 saturated carbocycles. The number of hydrogen-bond donors (Lipinski definition) is 1. The number of nitrogens with one attached hydrogen (secondary N) is 1. The Bertz CT molecular complexity index is 670. The van der Waals surface area contributed by atoms with Crippen LogP contribution in [0.15, 0.2) is 23.0 Å². The van der Waals surface area contributed by atoms with Crippen molar-refractivity contribution in [3.05, 3.63) is 39.8 Å². The van der Waals surface area contributed by atoms with Crippen LogP contribution in [0.1, 0.15) is 52.8 Å². The maximum absolute atomic E-state index is 11.9. The van der Waals surface area contributed by atoms with Gasteiger partial charge in [0.05, 0.1) is 11.1 Å². The standard InChI is InChI=1S/C16H22N2O/c1-15(2,3)10-7-8-11-12(9-10)13(16(4,5)6)17-18-14(11)19/h7-9H,1-6H3,(H,18,19). The number of benzene rings is 1. The molecule has 3 nitrogen and oxygen atoms in total. The van der Waals surface area contributed by atoms with E-state index in [-0.39, 0.29) is 16.4 Å². The van der Waals surface area contributed by atoms with Gasteiger partial charge >= 0.3 is 0 Å². The summed E-state index contributed by atoms with van der Waals surface area (Å²) in [6.45, 7) is 12.8. The van der Waals surface area contributed by atoms with E-state index >= 15 is 0 Å². The quantitative estimate of drug-likeness (QED) is 0.786. The van der Waals surface area contributed by atoms with Gasteiger partial charge in [-0.1, -0.05) is 47.6 Å². The molecule has 0 aliphatic heterocycles. The molecule has 1 aromatic heterocycles. The predicted molar refractivity (Wildman–Crippen MR) is 79.8 cm³/mol. The Balaban J connectivity index is 2.86. The Labute approximate surface area is 114 Å². The lowest BCUT2D eigenvalue weighted by molar-refractivity contribution is 0.563. The van der Waals surface area contributed by atoms with Crippen molar-refractivity contribution in [2.75, 3.05) is 0 Å². The maximum atomic E-state index is 11.9. The number of fused-ring (bicyclic) bond motifs is 1. The summed E-state index contributed by atoms with van der Waals surface area (Å²) in [6.07, 6.45) is 0. The zero-order valence-corrected chi connectivity index (χ0v) is 12.6. The average molecular weight is 258 g/mol. The van der Waals surface area contributed by atoms with Crippen LogP contribution in [0.5, 0.6) is 0 Å². The first-order valence-electron chi connectivity index (χ1n) is 6.64. The molecule has 0 amide bonds. The van der Waals surface area contributed by atoms with Gasteiger partial charge in [-0.15, -0.1) is 0 Å². The van der Waals surface area contributed by atoms with Gasteiger partial charge in [0, 0.05) is 10.8 Å². The second-order valence-corrected chi connectivity index (χ2v) is 7.16. The largest absolute Gasteiger partial charge is 0.272 e. The summed E-state index contributed by atoms with van der Waals surface area (Å²) < 4.78 is 0. The third-order valence-corrected chi connectivity index (χ3v) is 3.37. The molecule has 0 radical (unpaired) electrons. The van der Waals surface area contributed by atoms with Crippen molar-refractivity contribution in [2.45, 2.75) is 52.4 Å². The Morgan fingerprint density at radius 2 is 1.58 bits per heavy atom. The predicted octanol–water partition coefficient (Wildman–Crippen LogP) is 3.52. The highest BCUT2D eigenvalue weighted by Crippen LogP contribution is 2.30. The van der Waals surface area contributed by atoms with Crippen LogP contribution < -0.4 is 5.56 Å². The zero-order valence-electron chi connectivity index (χ0n) is 12.6. The number of H-pyrrole nitrogens is 1. The van der Waals surface area contributed by atoms with E-state index in [1.54, 1.807) is 0 Å². The number of aromatic amines is 1. The molecule has 1 aromatic carbocycles. The van der Waals surface area contributed by atoms with Crippen LogP contribution in [0.3, 0.4) is 0 Å². The number of nitrogens with zero attached hydrogens (tertiary/aromatic N) is 1. The minimum Gasteiger partial charge on any atom is -0.267 e. The summed E-state index contributed by atoms with van der Waals surface area (Å²) in [4.78, 5) is 11.9. The Kier molecular flexibility index (Phi) is 3.04. The minimum atomic E-state index is -0.122. The fourth-order valence-electron chi connectivity index (χ4n) is 2.20. The molecule has 0 atom stereocenters. The third kappa shape index (κ3) is 2.55. The van der Waals surface area contributed by atoms with Gasteiger partial charge in [-0.3, -0.25) is 4.79 Å². The van der Waals surface area contributed by atoms with Gasteiger partial charge < -0.3 is 0 Å². The first-order chi connectivity index (χ1) is 8.60. The van der Waals surface area contributed by atoms with Crippen molar-refractivity contribution in [1.82, 2.24) is 10.2 Å².